The van der Waals surface area contributed by atoms with Crippen molar-refractivity contribution in [1.82, 2.24) is 9.97 Å². The molecule has 146 valence electrons. The predicted molar refractivity (Wildman–Crippen MR) is 116 cm³/mol. The molecule has 6 nitrogen and oxygen atoms in total. The summed E-state index contributed by atoms with van der Waals surface area (Å²) in [5.41, 5.74) is 8.77. The number of para-hydroxylation sites is 1. The van der Waals surface area contributed by atoms with Gasteiger partial charge in [0, 0.05) is 43.7 Å². The summed E-state index contributed by atoms with van der Waals surface area (Å²) in [6.07, 6.45) is 4.85. The van der Waals surface area contributed by atoms with E-state index in [1.54, 1.807) is 18.5 Å². The first-order valence-electron chi connectivity index (χ1n) is 9.60. The molecule has 0 radical (unpaired) electrons. The molecule has 0 saturated carbocycles. The molecule has 29 heavy (non-hydrogen) atoms. The van der Waals surface area contributed by atoms with Gasteiger partial charge in [-0.3, -0.25) is 10.4 Å². The van der Waals surface area contributed by atoms with E-state index in [9.17, 15) is 5.26 Å². The average Bonchev–Trinajstić information content (AvgIpc) is 2.80. The van der Waals surface area contributed by atoms with Gasteiger partial charge >= 0.3 is 0 Å². The predicted octanol–water partition coefficient (Wildman–Crippen LogP) is 3.78. The van der Waals surface area contributed by atoms with E-state index in [0.717, 1.165) is 17.1 Å². The first kappa shape index (κ1) is 18.6. The van der Waals surface area contributed by atoms with Gasteiger partial charge in [0.1, 0.15) is 11.2 Å². The second-order valence-electron chi connectivity index (χ2n) is 7.26. The SMILES string of the molecule is N#CC1(c2ccccn2)CCN(c2cc(C(=N)c3ccccc3N)ccn2)CC1.[HH]. The Morgan fingerprint density at radius 1 is 1.07 bits per heavy atom. The van der Waals surface area contributed by atoms with E-state index < -0.39 is 5.41 Å². The Kier molecular flexibility index (Phi) is 4.96. The molecule has 2 aromatic heterocycles. The Balaban J connectivity index is 0.00000256. The number of nitrogen functional groups attached to an aromatic ring is 1. The number of pyridine rings is 2. The zero-order chi connectivity index (χ0) is 20.3. The van der Waals surface area contributed by atoms with Crippen LogP contribution in [-0.2, 0) is 5.41 Å². The highest BCUT2D eigenvalue weighted by Crippen LogP contribution is 2.35. The number of nitriles is 1. The Morgan fingerprint density at radius 2 is 1.83 bits per heavy atom. The largest absolute Gasteiger partial charge is 0.398 e. The first-order chi connectivity index (χ1) is 14.1. The minimum absolute atomic E-state index is 0. The van der Waals surface area contributed by atoms with Crippen LogP contribution in [0.2, 0.25) is 0 Å². The quantitative estimate of drug-likeness (QED) is 0.526. The molecule has 0 aliphatic carbocycles. The van der Waals surface area contributed by atoms with Crippen molar-refractivity contribution in [2.45, 2.75) is 18.3 Å². The molecule has 1 saturated heterocycles. The lowest BCUT2D eigenvalue weighted by Gasteiger charge is -2.37. The van der Waals surface area contributed by atoms with Gasteiger partial charge in [0.25, 0.3) is 0 Å². The van der Waals surface area contributed by atoms with Crippen LogP contribution in [0.25, 0.3) is 0 Å². The lowest BCUT2D eigenvalue weighted by molar-refractivity contribution is 0.405. The summed E-state index contributed by atoms with van der Waals surface area (Å²) in [7, 11) is 0. The van der Waals surface area contributed by atoms with E-state index in [-0.39, 0.29) is 1.43 Å². The van der Waals surface area contributed by atoms with Crippen molar-refractivity contribution >= 4 is 17.2 Å². The molecular formula is C23H24N6. The summed E-state index contributed by atoms with van der Waals surface area (Å²) in [6.45, 7) is 1.42. The van der Waals surface area contributed by atoms with Crippen LogP contribution in [0.3, 0.4) is 0 Å². The summed E-state index contributed by atoms with van der Waals surface area (Å²) in [5, 5.41) is 18.4. The number of aromatic nitrogens is 2. The van der Waals surface area contributed by atoms with Gasteiger partial charge in [0.2, 0.25) is 0 Å². The molecular weight excluding hydrogens is 360 g/mol. The topological polar surface area (TPSA) is 103 Å². The molecule has 3 aromatic rings. The molecule has 0 amide bonds. The highest BCUT2D eigenvalue weighted by molar-refractivity contribution is 6.14. The number of benzene rings is 1. The van der Waals surface area contributed by atoms with Gasteiger partial charge in [-0.25, -0.2) is 4.98 Å². The molecule has 1 aromatic carbocycles. The fourth-order valence-electron chi connectivity index (χ4n) is 3.82. The molecule has 3 heterocycles. The summed E-state index contributed by atoms with van der Waals surface area (Å²) < 4.78 is 0. The van der Waals surface area contributed by atoms with Crippen LogP contribution in [0.4, 0.5) is 11.5 Å². The Labute approximate surface area is 171 Å². The van der Waals surface area contributed by atoms with E-state index in [1.807, 2.05) is 48.5 Å². The highest BCUT2D eigenvalue weighted by atomic mass is 15.2. The normalized spacial score (nSPS) is 15.5. The minimum Gasteiger partial charge on any atom is -0.398 e. The van der Waals surface area contributed by atoms with Gasteiger partial charge in [-0.05, 0) is 43.2 Å². The number of piperidine rings is 1. The van der Waals surface area contributed by atoms with Crippen molar-refractivity contribution in [1.29, 1.82) is 10.7 Å². The van der Waals surface area contributed by atoms with Crippen molar-refractivity contribution in [2.75, 3.05) is 23.7 Å². The zero-order valence-electron chi connectivity index (χ0n) is 16.0. The fourth-order valence-corrected chi connectivity index (χ4v) is 3.82. The molecule has 0 unspecified atom stereocenters. The van der Waals surface area contributed by atoms with Crippen LogP contribution < -0.4 is 10.6 Å². The third kappa shape index (κ3) is 3.55. The average molecular weight is 384 g/mol. The van der Waals surface area contributed by atoms with Gasteiger partial charge in [0.05, 0.1) is 17.5 Å². The van der Waals surface area contributed by atoms with E-state index in [4.69, 9.17) is 11.1 Å². The van der Waals surface area contributed by atoms with E-state index >= 15 is 0 Å². The van der Waals surface area contributed by atoms with Crippen molar-refractivity contribution in [3.05, 3.63) is 83.8 Å². The standard InChI is InChI=1S/C23H22N6.H2/c24-16-23(20-7-3-4-11-27-20)9-13-29(14-10-23)21-15-17(8-12-28-21)22(26)18-5-1-2-6-19(18)25;/h1-8,11-12,15,26H,9-10,13-14,25H2;1H. The summed E-state index contributed by atoms with van der Waals surface area (Å²) in [6, 6.07) is 19.4. The van der Waals surface area contributed by atoms with Gasteiger partial charge in [-0.15, -0.1) is 0 Å². The molecule has 4 rings (SSSR count). The molecule has 0 atom stereocenters. The van der Waals surface area contributed by atoms with Crippen LogP contribution in [0.15, 0.2) is 67.0 Å². The summed E-state index contributed by atoms with van der Waals surface area (Å²) >= 11 is 0. The molecule has 0 bridgehead atoms. The monoisotopic (exact) mass is 384 g/mol. The Bertz CT molecular complexity index is 1070. The van der Waals surface area contributed by atoms with Gasteiger partial charge in [-0.1, -0.05) is 24.3 Å². The van der Waals surface area contributed by atoms with Gasteiger partial charge in [-0.2, -0.15) is 5.26 Å². The molecule has 0 spiro atoms. The number of rotatable bonds is 4. The number of hydrogen-bond acceptors (Lipinski definition) is 6. The second-order valence-corrected chi connectivity index (χ2v) is 7.26. The fraction of sp³-hybridized carbons (Fsp3) is 0.217. The smallest absolute Gasteiger partial charge is 0.129 e. The first-order valence-corrected chi connectivity index (χ1v) is 9.60. The summed E-state index contributed by atoms with van der Waals surface area (Å²) in [4.78, 5) is 11.1. The number of nitrogens with one attached hydrogen (secondary N) is 1. The molecule has 3 N–H and O–H groups in total. The van der Waals surface area contributed by atoms with Gasteiger partial charge in [0.15, 0.2) is 0 Å². The number of nitrogens with two attached hydrogens (primary N) is 1. The highest BCUT2D eigenvalue weighted by Gasteiger charge is 2.38. The molecule has 6 heteroatoms. The number of nitrogens with zero attached hydrogens (tertiary/aromatic N) is 4. The van der Waals surface area contributed by atoms with Crippen molar-refractivity contribution < 1.29 is 1.43 Å². The van der Waals surface area contributed by atoms with E-state index in [0.29, 0.717) is 42.9 Å². The third-order valence-corrected chi connectivity index (χ3v) is 5.57. The number of anilines is 2. The van der Waals surface area contributed by atoms with Crippen molar-refractivity contribution in [3.63, 3.8) is 0 Å². The van der Waals surface area contributed by atoms with E-state index in [1.165, 1.54) is 0 Å². The Morgan fingerprint density at radius 3 is 2.52 bits per heavy atom. The van der Waals surface area contributed by atoms with Crippen LogP contribution in [-0.4, -0.2) is 28.8 Å². The second kappa shape index (κ2) is 7.72. The maximum absolute atomic E-state index is 9.86. The minimum atomic E-state index is -0.555. The van der Waals surface area contributed by atoms with Crippen LogP contribution in [0.1, 0.15) is 31.1 Å². The maximum atomic E-state index is 9.86. The lowest BCUT2D eigenvalue weighted by Crippen LogP contribution is -2.42. The van der Waals surface area contributed by atoms with Crippen LogP contribution in [0.5, 0.6) is 0 Å². The molecule has 1 fully saturated rings. The van der Waals surface area contributed by atoms with Gasteiger partial charge < -0.3 is 10.6 Å². The van der Waals surface area contributed by atoms with E-state index in [2.05, 4.69) is 20.9 Å². The molecule has 1 aliphatic rings. The zero-order valence-corrected chi connectivity index (χ0v) is 16.0. The summed E-state index contributed by atoms with van der Waals surface area (Å²) in [5.74, 6) is 0.814. The third-order valence-electron chi connectivity index (χ3n) is 5.57. The van der Waals surface area contributed by atoms with Crippen LogP contribution in [0, 0.1) is 16.7 Å². The maximum Gasteiger partial charge on any atom is 0.129 e. The lowest BCUT2D eigenvalue weighted by atomic mass is 9.76. The number of hydrogen-bond donors (Lipinski definition) is 2. The Hall–Kier alpha value is -3.72. The van der Waals surface area contributed by atoms with Crippen molar-refractivity contribution in [2.24, 2.45) is 0 Å². The van der Waals surface area contributed by atoms with Crippen LogP contribution >= 0.6 is 0 Å². The van der Waals surface area contributed by atoms with Crippen molar-refractivity contribution in [3.8, 4) is 6.07 Å². The molecule has 1 aliphatic heterocycles.